The van der Waals surface area contributed by atoms with Gasteiger partial charge in [-0.3, -0.25) is 0 Å². The third kappa shape index (κ3) is 6.80. The molecule has 18 heavy (non-hydrogen) atoms. The van der Waals surface area contributed by atoms with Crippen LogP contribution in [-0.4, -0.2) is 0 Å². The largest absolute Gasteiger partial charge is 1.00 e. The van der Waals surface area contributed by atoms with Gasteiger partial charge in [0, 0.05) is 18.6 Å². The maximum Gasteiger partial charge on any atom is 0.181 e. The highest BCUT2D eigenvalue weighted by atomic mass is 35.5. The summed E-state index contributed by atoms with van der Waals surface area (Å²) >= 11 is 0. The first-order valence-corrected chi connectivity index (χ1v) is 6.96. The van der Waals surface area contributed by atoms with Crippen LogP contribution in [0.5, 0.6) is 0 Å². The predicted octanol–water partition coefficient (Wildman–Crippen LogP) is 1.07. The minimum atomic E-state index is 0. The Morgan fingerprint density at radius 1 is 1.11 bits per heavy atom. The minimum absolute atomic E-state index is 0. The van der Waals surface area contributed by atoms with Gasteiger partial charge in [-0.1, -0.05) is 51.7 Å². The maximum absolute atomic E-state index is 3.81. The highest BCUT2D eigenvalue weighted by Gasteiger charge is 2.06. The molecular formula is C16H26ClN. The molecule has 1 aromatic rings. The molecule has 1 nitrogen and oxygen atoms in total. The lowest BCUT2D eigenvalue weighted by Gasteiger charge is -2.02. The van der Waals surface area contributed by atoms with Gasteiger partial charge in [0.2, 0.25) is 0 Å². The zero-order valence-corrected chi connectivity index (χ0v) is 12.3. The lowest BCUT2D eigenvalue weighted by Crippen LogP contribution is -3.00. The molecule has 102 valence electrons. The Labute approximate surface area is 118 Å². The molecule has 0 fully saturated rings. The first kappa shape index (κ1) is 17.2. The number of nitrogens with zero attached hydrogens (tertiary/aromatic N) is 1. The lowest BCUT2D eigenvalue weighted by molar-refractivity contribution is -0.694. The molecule has 2 heteroatoms. The van der Waals surface area contributed by atoms with Crippen LogP contribution in [0.4, 0.5) is 0 Å². The first-order valence-electron chi connectivity index (χ1n) is 6.96. The molecule has 0 saturated heterocycles. The highest BCUT2D eigenvalue weighted by Crippen LogP contribution is 2.07. The van der Waals surface area contributed by atoms with Crippen LogP contribution in [0, 0.1) is 0 Å². The van der Waals surface area contributed by atoms with Crippen LogP contribution in [-0.2, 0) is 13.0 Å². The molecule has 0 atom stereocenters. The fourth-order valence-electron chi connectivity index (χ4n) is 2.14. The van der Waals surface area contributed by atoms with Crippen LogP contribution in [0.2, 0.25) is 0 Å². The van der Waals surface area contributed by atoms with Crippen molar-refractivity contribution in [3.05, 3.63) is 42.7 Å². The van der Waals surface area contributed by atoms with Gasteiger partial charge < -0.3 is 12.4 Å². The summed E-state index contributed by atoms with van der Waals surface area (Å²) in [5, 5.41) is 0. The van der Waals surface area contributed by atoms with Crippen molar-refractivity contribution < 1.29 is 17.0 Å². The second kappa shape index (κ2) is 11.3. The van der Waals surface area contributed by atoms with Gasteiger partial charge in [0.15, 0.2) is 18.4 Å². The molecule has 0 radical (unpaired) electrons. The molecule has 1 heterocycles. The van der Waals surface area contributed by atoms with Crippen molar-refractivity contribution in [2.24, 2.45) is 0 Å². The second-order valence-corrected chi connectivity index (χ2v) is 4.65. The number of allylic oxidation sites excluding steroid dienone is 1. The van der Waals surface area contributed by atoms with E-state index in [2.05, 4.69) is 42.5 Å². The van der Waals surface area contributed by atoms with Crippen LogP contribution >= 0.6 is 0 Å². The fourth-order valence-corrected chi connectivity index (χ4v) is 2.14. The number of hydrogen-bond acceptors (Lipinski definition) is 0. The van der Waals surface area contributed by atoms with Crippen molar-refractivity contribution >= 4 is 0 Å². The molecule has 0 N–H and O–H groups in total. The standard InChI is InChI=1S/C16H26N.ClH/c1-3-5-6-7-8-9-12-16-13-10-11-15-17(16)14-4-2;/h4,10-11,13,15H,2-3,5-9,12,14H2,1H3;1H/q+1;/p-1. The van der Waals surface area contributed by atoms with E-state index in [0.717, 1.165) is 6.54 Å². The number of hydrogen-bond donors (Lipinski definition) is 0. The van der Waals surface area contributed by atoms with Crippen LogP contribution < -0.4 is 17.0 Å². The van der Waals surface area contributed by atoms with E-state index in [-0.39, 0.29) is 12.4 Å². The van der Waals surface area contributed by atoms with Crippen LogP contribution in [0.15, 0.2) is 37.1 Å². The van der Waals surface area contributed by atoms with Crippen LogP contribution in [0.25, 0.3) is 0 Å². The van der Waals surface area contributed by atoms with E-state index in [9.17, 15) is 0 Å². The van der Waals surface area contributed by atoms with Crippen molar-refractivity contribution in [2.45, 2.75) is 58.4 Å². The van der Waals surface area contributed by atoms with Crippen molar-refractivity contribution in [1.29, 1.82) is 0 Å². The van der Waals surface area contributed by atoms with Gasteiger partial charge in [-0.15, -0.1) is 0 Å². The molecule has 0 saturated carbocycles. The molecule has 1 rings (SSSR count). The smallest absolute Gasteiger partial charge is 0.181 e. The molecule has 0 aliphatic heterocycles. The van der Waals surface area contributed by atoms with Gasteiger partial charge in [0.1, 0.15) is 0 Å². The molecule has 0 bridgehead atoms. The molecule has 0 amide bonds. The molecule has 0 aliphatic rings. The summed E-state index contributed by atoms with van der Waals surface area (Å²) in [7, 11) is 0. The average Bonchev–Trinajstić information content (AvgIpc) is 2.36. The Balaban J connectivity index is 0.00000289. The second-order valence-electron chi connectivity index (χ2n) is 4.65. The number of aromatic nitrogens is 1. The molecule has 0 unspecified atom stereocenters. The van der Waals surface area contributed by atoms with Gasteiger partial charge in [-0.05, 0) is 12.5 Å². The maximum atomic E-state index is 3.81. The molecular weight excluding hydrogens is 242 g/mol. The van der Waals surface area contributed by atoms with Crippen molar-refractivity contribution in [1.82, 2.24) is 0 Å². The van der Waals surface area contributed by atoms with E-state index >= 15 is 0 Å². The summed E-state index contributed by atoms with van der Waals surface area (Å²) in [6, 6.07) is 6.45. The van der Waals surface area contributed by atoms with E-state index < -0.39 is 0 Å². The Morgan fingerprint density at radius 2 is 1.83 bits per heavy atom. The zero-order valence-electron chi connectivity index (χ0n) is 11.6. The Bertz CT molecular complexity index is 323. The molecule has 0 aromatic carbocycles. The first-order chi connectivity index (χ1) is 8.38. The number of aryl methyl sites for hydroxylation is 1. The van der Waals surface area contributed by atoms with Gasteiger partial charge in [-0.2, -0.15) is 4.57 Å². The van der Waals surface area contributed by atoms with Gasteiger partial charge >= 0.3 is 0 Å². The Hall–Kier alpha value is -0.820. The van der Waals surface area contributed by atoms with Crippen LogP contribution in [0.1, 0.15) is 51.1 Å². The quantitative estimate of drug-likeness (QED) is 0.358. The van der Waals surface area contributed by atoms with Crippen molar-refractivity contribution in [3.63, 3.8) is 0 Å². The highest BCUT2D eigenvalue weighted by molar-refractivity contribution is 4.97. The molecule has 0 aliphatic carbocycles. The number of unbranched alkanes of at least 4 members (excludes halogenated alkanes) is 5. The topological polar surface area (TPSA) is 3.88 Å². The van der Waals surface area contributed by atoms with Crippen molar-refractivity contribution in [3.8, 4) is 0 Å². The predicted molar refractivity (Wildman–Crippen MR) is 73.9 cm³/mol. The monoisotopic (exact) mass is 267 g/mol. The number of halogens is 1. The van der Waals surface area contributed by atoms with Crippen molar-refractivity contribution in [2.75, 3.05) is 0 Å². The molecule has 1 aromatic heterocycles. The number of rotatable bonds is 9. The fraction of sp³-hybridized carbons (Fsp3) is 0.562. The minimum Gasteiger partial charge on any atom is -1.00 e. The summed E-state index contributed by atoms with van der Waals surface area (Å²) < 4.78 is 2.29. The summed E-state index contributed by atoms with van der Waals surface area (Å²) in [5.41, 5.74) is 1.43. The van der Waals surface area contributed by atoms with Crippen LogP contribution in [0.3, 0.4) is 0 Å². The lowest BCUT2D eigenvalue weighted by atomic mass is 10.1. The number of pyridine rings is 1. The summed E-state index contributed by atoms with van der Waals surface area (Å²) in [4.78, 5) is 0. The molecule has 0 spiro atoms. The SMILES string of the molecule is C=CC[n+]1ccccc1CCCCCCCC.[Cl-]. The van der Waals surface area contributed by atoms with Gasteiger partial charge in [-0.25, -0.2) is 0 Å². The summed E-state index contributed by atoms with van der Waals surface area (Å²) in [6.45, 7) is 7.00. The van der Waals surface area contributed by atoms with E-state index in [1.807, 2.05) is 6.08 Å². The Kier molecular flexibility index (Phi) is 10.8. The normalized spacial score (nSPS) is 9.83. The zero-order chi connectivity index (χ0) is 12.3. The average molecular weight is 268 g/mol. The third-order valence-electron chi connectivity index (χ3n) is 3.15. The summed E-state index contributed by atoms with van der Waals surface area (Å²) in [5.74, 6) is 0. The Morgan fingerprint density at radius 3 is 2.56 bits per heavy atom. The van der Waals surface area contributed by atoms with Gasteiger partial charge in [0.05, 0.1) is 0 Å². The van der Waals surface area contributed by atoms with E-state index in [1.54, 1.807) is 0 Å². The van der Waals surface area contributed by atoms with E-state index in [1.165, 1.54) is 50.6 Å². The van der Waals surface area contributed by atoms with E-state index in [4.69, 9.17) is 0 Å². The van der Waals surface area contributed by atoms with Gasteiger partial charge in [0.25, 0.3) is 0 Å². The van der Waals surface area contributed by atoms with E-state index in [0.29, 0.717) is 0 Å². The third-order valence-corrected chi connectivity index (χ3v) is 3.15. The summed E-state index contributed by atoms with van der Waals surface area (Å²) in [6.07, 6.45) is 13.5.